The number of benzene rings is 3. The number of rotatable bonds is 5. The Kier molecular flexibility index (Phi) is 5.18. The van der Waals surface area contributed by atoms with Crippen LogP contribution in [0.1, 0.15) is 22.4 Å². The lowest BCUT2D eigenvalue weighted by Gasteiger charge is -2.37. The highest BCUT2D eigenvalue weighted by atomic mass is 35.5. The maximum Gasteiger partial charge on any atom is 0.138 e. The standard InChI is InChI=1S/C27H19ClN4/c28-26-18-25-23(19-30-26)24(16-17-29)31-32(25)27(20-10-4-1-5-11-20,21-12-6-2-7-13-21)22-14-8-3-9-15-22/h1-15,18-19H,16H2. The van der Waals surface area contributed by atoms with Gasteiger partial charge >= 0.3 is 0 Å². The van der Waals surface area contributed by atoms with Crippen LogP contribution in [0.2, 0.25) is 5.15 Å². The second-order valence-electron chi connectivity index (χ2n) is 7.53. The predicted octanol–water partition coefficient (Wildman–Crippen LogP) is 5.99. The highest BCUT2D eigenvalue weighted by Crippen LogP contribution is 2.42. The van der Waals surface area contributed by atoms with E-state index in [0.29, 0.717) is 10.8 Å². The second kappa shape index (κ2) is 8.30. The van der Waals surface area contributed by atoms with Crippen LogP contribution in [0.4, 0.5) is 0 Å². The van der Waals surface area contributed by atoms with E-state index in [1.807, 2.05) is 65.3 Å². The largest absolute Gasteiger partial charge is 0.245 e. The highest BCUT2D eigenvalue weighted by Gasteiger charge is 2.40. The average molecular weight is 435 g/mol. The van der Waals surface area contributed by atoms with Crippen molar-refractivity contribution in [2.45, 2.75) is 12.0 Å². The summed E-state index contributed by atoms with van der Waals surface area (Å²) < 4.78 is 2.00. The number of hydrogen-bond donors (Lipinski definition) is 0. The van der Waals surface area contributed by atoms with E-state index in [1.165, 1.54) is 0 Å². The van der Waals surface area contributed by atoms with Gasteiger partial charge in [-0.15, -0.1) is 0 Å². The van der Waals surface area contributed by atoms with E-state index in [1.54, 1.807) is 6.20 Å². The number of halogens is 1. The number of fused-ring (bicyclic) bond motifs is 1. The van der Waals surface area contributed by atoms with E-state index in [2.05, 4.69) is 47.5 Å². The van der Waals surface area contributed by atoms with E-state index in [0.717, 1.165) is 27.6 Å². The van der Waals surface area contributed by atoms with E-state index >= 15 is 0 Å². The monoisotopic (exact) mass is 434 g/mol. The minimum atomic E-state index is -0.777. The number of nitriles is 1. The smallest absolute Gasteiger partial charge is 0.138 e. The first-order valence-electron chi connectivity index (χ1n) is 10.3. The molecule has 0 aliphatic rings. The zero-order valence-electron chi connectivity index (χ0n) is 17.2. The first-order valence-corrected chi connectivity index (χ1v) is 10.7. The molecule has 0 atom stereocenters. The zero-order chi connectivity index (χ0) is 22.0. The molecule has 154 valence electrons. The minimum absolute atomic E-state index is 0.182. The maximum atomic E-state index is 9.45. The van der Waals surface area contributed by atoms with Crippen LogP contribution in [0.25, 0.3) is 10.9 Å². The number of pyridine rings is 1. The molecule has 5 rings (SSSR count). The van der Waals surface area contributed by atoms with Gasteiger partial charge in [0.05, 0.1) is 23.7 Å². The maximum absolute atomic E-state index is 9.45. The molecule has 0 fully saturated rings. The van der Waals surface area contributed by atoms with Crippen molar-refractivity contribution in [2.75, 3.05) is 0 Å². The van der Waals surface area contributed by atoms with Crippen LogP contribution in [-0.2, 0) is 12.0 Å². The third-order valence-electron chi connectivity index (χ3n) is 5.75. The van der Waals surface area contributed by atoms with Gasteiger partial charge in [-0.05, 0) is 16.7 Å². The summed E-state index contributed by atoms with van der Waals surface area (Å²) in [5, 5.41) is 15.7. The Labute approximate surface area is 191 Å². The van der Waals surface area contributed by atoms with Crippen molar-refractivity contribution >= 4 is 22.5 Å². The molecular formula is C27H19ClN4. The van der Waals surface area contributed by atoms with Gasteiger partial charge in [0.1, 0.15) is 10.7 Å². The van der Waals surface area contributed by atoms with Gasteiger partial charge in [-0.3, -0.25) is 0 Å². The van der Waals surface area contributed by atoms with Crippen molar-refractivity contribution < 1.29 is 0 Å². The summed E-state index contributed by atoms with van der Waals surface area (Å²) in [6.45, 7) is 0. The molecule has 2 heterocycles. The van der Waals surface area contributed by atoms with Crippen LogP contribution in [0, 0.1) is 11.3 Å². The fourth-order valence-electron chi connectivity index (χ4n) is 4.41. The Morgan fingerprint density at radius 3 is 1.78 bits per heavy atom. The third-order valence-corrected chi connectivity index (χ3v) is 5.95. The second-order valence-corrected chi connectivity index (χ2v) is 7.91. The van der Waals surface area contributed by atoms with Gasteiger partial charge < -0.3 is 0 Å². The molecular weight excluding hydrogens is 416 g/mol. The summed E-state index contributed by atoms with van der Waals surface area (Å²) in [6.07, 6.45) is 1.89. The Morgan fingerprint density at radius 1 is 0.812 bits per heavy atom. The molecule has 5 aromatic rings. The fourth-order valence-corrected chi connectivity index (χ4v) is 4.56. The van der Waals surface area contributed by atoms with E-state index in [-0.39, 0.29) is 6.42 Å². The Balaban J connectivity index is 1.99. The van der Waals surface area contributed by atoms with Gasteiger partial charge in [0.15, 0.2) is 0 Å². The molecule has 32 heavy (non-hydrogen) atoms. The van der Waals surface area contributed by atoms with E-state index in [9.17, 15) is 5.26 Å². The summed E-state index contributed by atoms with van der Waals surface area (Å²) in [5.41, 5.74) is 3.89. The van der Waals surface area contributed by atoms with Crippen molar-refractivity contribution in [1.82, 2.24) is 14.8 Å². The topological polar surface area (TPSA) is 54.5 Å². The van der Waals surface area contributed by atoms with Crippen molar-refractivity contribution in [3.05, 3.63) is 131 Å². The van der Waals surface area contributed by atoms with Gasteiger partial charge in [-0.25, -0.2) is 9.67 Å². The Morgan fingerprint density at radius 2 is 1.31 bits per heavy atom. The molecule has 0 N–H and O–H groups in total. The fraction of sp³-hybridized carbons (Fsp3) is 0.0741. The first-order chi connectivity index (χ1) is 15.7. The van der Waals surface area contributed by atoms with E-state index < -0.39 is 5.54 Å². The molecule has 2 aromatic heterocycles. The van der Waals surface area contributed by atoms with Crippen LogP contribution >= 0.6 is 11.6 Å². The highest BCUT2D eigenvalue weighted by molar-refractivity contribution is 6.30. The van der Waals surface area contributed by atoms with Gasteiger partial charge in [0.25, 0.3) is 0 Å². The normalized spacial score (nSPS) is 11.4. The summed E-state index contributed by atoms with van der Waals surface area (Å²) in [5.74, 6) is 0. The molecule has 0 saturated heterocycles. The van der Waals surface area contributed by atoms with Crippen molar-refractivity contribution in [3.8, 4) is 6.07 Å². The van der Waals surface area contributed by atoms with E-state index in [4.69, 9.17) is 16.7 Å². The number of aromatic nitrogens is 3. The quantitative estimate of drug-likeness (QED) is 0.252. The van der Waals surface area contributed by atoms with Crippen LogP contribution in [0.5, 0.6) is 0 Å². The lowest BCUT2D eigenvalue weighted by Crippen LogP contribution is -2.38. The molecule has 0 saturated carbocycles. The van der Waals surface area contributed by atoms with Crippen LogP contribution in [0.15, 0.2) is 103 Å². The average Bonchev–Trinajstić information content (AvgIpc) is 3.20. The molecule has 3 aromatic carbocycles. The summed E-state index contributed by atoms with van der Waals surface area (Å²) >= 11 is 6.35. The molecule has 0 spiro atoms. The van der Waals surface area contributed by atoms with Gasteiger partial charge in [0, 0.05) is 17.6 Å². The summed E-state index contributed by atoms with van der Waals surface area (Å²) in [7, 11) is 0. The minimum Gasteiger partial charge on any atom is -0.245 e. The van der Waals surface area contributed by atoms with Crippen molar-refractivity contribution in [3.63, 3.8) is 0 Å². The molecule has 0 aliphatic heterocycles. The third kappa shape index (κ3) is 3.15. The van der Waals surface area contributed by atoms with Gasteiger partial charge in [-0.1, -0.05) is 103 Å². The first kappa shape index (κ1) is 20.0. The summed E-state index contributed by atoms with van der Waals surface area (Å²) in [4.78, 5) is 4.27. The van der Waals surface area contributed by atoms with Crippen molar-refractivity contribution in [2.24, 2.45) is 0 Å². The molecule has 0 bridgehead atoms. The summed E-state index contributed by atoms with van der Waals surface area (Å²) in [6, 6.07) is 35.0. The Bertz CT molecular complexity index is 1310. The molecule has 0 unspecified atom stereocenters. The lowest BCUT2D eigenvalue weighted by molar-refractivity contribution is 0.472. The van der Waals surface area contributed by atoms with Crippen molar-refractivity contribution in [1.29, 1.82) is 5.26 Å². The van der Waals surface area contributed by atoms with Crippen LogP contribution in [0.3, 0.4) is 0 Å². The predicted molar refractivity (Wildman–Crippen MR) is 126 cm³/mol. The molecule has 0 amide bonds. The van der Waals surface area contributed by atoms with Gasteiger partial charge in [0.2, 0.25) is 0 Å². The molecule has 4 nitrogen and oxygen atoms in total. The number of hydrogen-bond acceptors (Lipinski definition) is 3. The molecule has 0 aliphatic carbocycles. The molecule has 5 heteroatoms. The Hall–Kier alpha value is -3.94. The SMILES string of the molecule is N#CCc1nn(C(c2ccccc2)(c2ccccc2)c2ccccc2)c2cc(Cl)ncc12. The van der Waals surface area contributed by atoms with Gasteiger partial charge in [-0.2, -0.15) is 10.4 Å². The van der Waals surface area contributed by atoms with Crippen LogP contribution in [-0.4, -0.2) is 14.8 Å². The lowest BCUT2D eigenvalue weighted by atomic mass is 9.77. The van der Waals surface area contributed by atoms with Crippen LogP contribution < -0.4 is 0 Å². The number of nitrogens with zero attached hydrogens (tertiary/aromatic N) is 4. The molecule has 0 radical (unpaired) electrons. The zero-order valence-corrected chi connectivity index (χ0v) is 17.9.